The van der Waals surface area contributed by atoms with E-state index in [9.17, 15) is 0 Å². The van der Waals surface area contributed by atoms with Gasteiger partial charge in [-0.05, 0) is 55.5 Å². The molecule has 3 rings (SSSR count). The van der Waals surface area contributed by atoms with Crippen LogP contribution >= 0.6 is 22.7 Å². The second-order valence-electron chi connectivity index (χ2n) is 6.11. The Balaban J connectivity index is 1.67. The van der Waals surface area contributed by atoms with Gasteiger partial charge in [0.15, 0.2) is 11.5 Å². The Morgan fingerprint density at radius 1 is 1.18 bits per heavy atom. The maximum atomic E-state index is 5.82. The molecule has 0 aliphatic carbocycles. The lowest BCUT2D eigenvalue weighted by atomic mass is 10.2. The van der Waals surface area contributed by atoms with E-state index in [1.165, 1.54) is 9.75 Å². The highest BCUT2D eigenvalue weighted by molar-refractivity contribution is 7.17. The van der Waals surface area contributed by atoms with E-state index in [4.69, 9.17) is 9.47 Å². The Kier molecular flexibility index (Phi) is 7.45. The Labute approximate surface area is 174 Å². The summed E-state index contributed by atoms with van der Waals surface area (Å²) in [7, 11) is 0. The molecule has 0 unspecified atom stereocenters. The number of ether oxygens (including phenoxy) is 2. The fourth-order valence-electron chi connectivity index (χ4n) is 2.57. The van der Waals surface area contributed by atoms with E-state index in [0.29, 0.717) is 13.2 Å². The van der Waals surface area contributed by atoms with Gasteiger partial charge in [0.1, 0.15) is 0 Å². The highest BCUT2D eigenvalue weighted by Gasteiger charge is 2.10. The molecule has 28 heavy (non-hydrogen) atoms. The van der Waals surface area contributed by atoms with Gasteiger partial charge in [0.2, 0.25) is 5.13 Å². The van der Waals surface area contributed by atoms with E-state index >= 15 is 0 Å². The third-order valence-electron chi connectivity index (χ3n) is 3.95. The number of hydrazone groups is 1. The van der Waals surface area contributed by atoms with Gasteiger partial charge in [-0.1, -0.05) is 19.4 Å². The number of thiophene rings is 1. The summed E-state index contributed by atoms with van der Waals surface area (Å²) in [5, 5.41) is 7.17. The fraction of sp³-hybridized carbons (Fsp3) is 0.333. The number of anilines is 1. The molecular weight excluding hydrogens is 390 g/mol. The smallest absolute Gasteiger partial charge is 0.204 e. The zero-order valence-electron chi connectivity index (χ0n) is 16.4. The maximum absolute atomic E-state index is 5.82. The normalized spacial score (nSPS) is 11.1. The van der Waals surface area contributed by atoms with Crippen molar-refractivity contribution in [1.29, 1.82) is 0 Å². The van der Waals surface area contributed by atoms with Gasteiger partial charge in [0, 0.05) is 4.88 Å². The molecule has 1 N–H and O–H groups in total. The van der Waals surface area contributed by atoms with Crippen LogP contribution < -0.4 is 14.9 Å². The van der Waals surface area contributed by atoms with Crippen molar-refractivity contribution >= 4 is 34.0 Å². The third kappa shape index (κ3) is 5.33. The standard InChI is InChI=1S/C21H25N3O2S2/c1-4-6-11-26-17-10-9-16(13-18(17)25-5-2)14-22-24-21-23-20(15(3)28-21)19-8-7-12-27-19/h7-10,12-14H,4-6,11H2,1-3H3,(H,23,24)/b22-14-. The molecule has 0 saturated heterocycles. The quantitative estimate of drug-likeness (QED) is 0.243. The molecule has 0 radical (unpaired) electrons. The highest BCUT2D eigenvalue weighted by atomic mass is 32.1. The first kappa shape index (κ1) is 20.4. The number of benzene rings is 1. The summed E-state index contributed by atoms with van der Waals surface area (Å²) in [5.74, 6) is 1.52. The van der Waals surface area contributed by atoms with Crippen molar-refractivity contribution < 1.29 is 9.47 Å². The largest absolute Gasteiger partial charge is 0.490 e. The van der Waals surface area contributed by atoms with Crippen LogP contribution in [0.3, 0.4) is 0 Å². The summed E-state index contributed by atoms with van der Waals surface area (Å²) in [4.78, 5) is 6.99. The third-order valence-corrected chi connectivity index (χ3v) is 5.70. The van der Waals surface area contributed by atoms with Gasteiger partial charge in [0.25, 0.3) is 0 Å². The molecular formula is C21H25N3O2S2. The van der Waals surface area contributed by atoms with Crippen molar-refractivity contribution in [2.75, 3.05) is 18.6 Å². The second kappa shape index (κ2) is 10.2. The van der Waals surface area contributed by atoms with Crippen LogP contribution in [0.2, 0.25) is 0 Å². The number of hydrogen-bond donors (Lipinski definition) is 1. The summed E-state index contributed by atoms with van der Waals surface area (Å²) < 4.78 is 11.5. The van der Waals surface area contributed by atoms with Gasteiger partial charge in [-0.15, -0.1) is 22.7 Å². The summed E-state index contributed by atoms with van der Waals surface area (Å²) in [6.45, 7) is 7.47. The van der Waals surface area contributed by atoms with Crippen LogP contribution in [0.25, 0.3) is 10.6 Å². The SMILES string of the molecule is CCCCOc1ccc(/C=N\Nc2nc(-c3cccs3)c(C)s2)cc1OCC. The van der Waals surface area contributed by atoms with Crippen molar-refractivity contribution in [3.63, 3.8) is 0 Å². The number of aryl methyl sites for hydroxylation is 1. The molecule has 148 valence electrons. The molecule has 0 saturated carbocycles. The number of aromatic nitrogens is 1. The second-order valence-corrected chi connectivity index (χ2v) is 8.26. The molecule has 0 bridgehead atoms. The van der Waals surface area contributed by atoms with E-state index in [1.807, 2.05) is 31.2 Å². The molecule has 2 aromatic heterocycles. The predicted molar refractivity (Wildman–Crippen MR) is 119 cm³/mol. The lowest BCUT2D eigenvalue weighted by Crippen LogP contribution is -2.01. The van der Waals surface area contributed by atoms with Crippen LogP contribution in [0.15, 0.2) is 40.8 Å². The van der Waals surface area contributed by atoms with E-state index in [0.717, 1.165) is 40.7 Å². The summed E-state index contributed by atoms with van der Waals surface area (Å²) in [6.07, 6.45) is 3.89. The Morgan fingerprint density at radius 2 is 2.07 bits per heavy atom. The number of hydrogen-bond acceptors (Lipinski definition) is 7. The summed E-state index contributed by atoms with van der Waals surface area (Å²) in [5.41, 5.74) is 4.99. The highest BCUT2D eigenvalue weighted by Crippen LogP contribution is 2.33. The molecule has 0 spiro atoms. The summed E-state index contributed by atoms with van der Waals surface area (Å²) in [6, 6.07) is 9.97. The number of nitrogens with one attached hydrogen (secondary N) is 1. The van der Waals surface area contributed by atoms with Crippen molar-refractivity contribution in [2.24, 2.45) is 5.10 Å². The Hall–Kier alpha value is -2.38. The molecule has 0 fully saturated rings. The maximum Gasteiger partial charge on any atom is 0.204 e. The van der Waals surface area contributed by atoms with Gasteiger partial charge in [-0.25, -0.2) is 4.98 Å². The summed E-state index contributed by atoms with van der Waals surface area (Å²) >= 11 is 3.29. The molecule has 0 amide bonds. The Bertz CT molecular complexity index is 905. The molecule has 7 heteroatoms. The number of nitrogens with zero attached hydrogens (tertiary/aromatic N) is 2. The van der Waals surface area contributed by atoms with Crippen molar-refractivity contribution in [3.8, 4) is 22.1 Å². The monoisotopic (exact) mass is 415 g/mol. The number of thiazole rings is 1. The first-order valence-electron chi connectivity index (χ1n) is 9.41. The molecule has 3 aromatic rings. The van der Waals surface area contributed by atoms with Gasteiger partial charge in [0.05, 0.1) is 30.0 Å². The molecule has 0 aliphatic heterocycles. The average molecular weight is 416 g/mol. The minimum absolute atomic E-state index is 0.590. The minimum Gasteiger partial charge on any atom is -0.490 e. The van der Waals surface area contributed by atoms with E-state index in [1.54, 1.807) is 28.9 Å². The lowest BCUT2D eigenvalue weighted by Gasteiger charge is -2.12. The Morgan fingerprint density at radius 3 is 2.82 bits per heavy atom. The van der Waals surface area contributed by atoms with E-state index < -0.39 is 0 Å². The van der Waals surface area contributed by atoms with Gasteiger partial charge >= 0.3 is 0 Å². The van der Waals surface area contributed by atoms with Crippen LogP contribution in [-0.2, 0) is 0 Å². The van der Waals surface area contributed by atoms with Gasteiger partial charge < -0.3 is 9.47 Å². The van der Waals surface area contributed by atoms with E-state index in [-0.39, 0.29) is 0 Å². The first-order valence-corrected chi connectivity index (χ1v) is 11.1. The van der Waals surface area contributed by atoms with Gasteiger partial charge in [-0.2, -0.15) is 5.10 Å². The molecule has 2 heterocycles. The van der Waals surface area contributed by atoms with Crippen molar-refractivity contribution in [1.82, 2.24) is 4.98 Å². The molecule has 1 aromatic carbocycles. The minimum atomic E-state index is 0.590. The molecule has 5 nitrogen and oxygen atoms in total. The first-order chi connectivity index (χ1) is 13.7. The zero-order valence-corrected chi connectivity index (χ0v) is 18.0. The number of rotatable bonds is 10. The molecule has 0 aliphatic rings. The van der Waals surface area contributed by atoms with Crippen LogP contribution in [0.4, 0.5) is 5.13 Å². The van der Waals surface area contributed by atoms with E-state index in [2.05, 4.69) is 40.8 Å². The van der Waals surface area contributed by atoms with Crippen LogP contribution in [0.1, 0.15) is 37.1 Å². The fourth-order valence-corrected chi connectivity index (χ4v) is 4.18. The predicted octanol–water partition coefficient (Wildman–Crippen LogP) is 6.20. The van der Waals surface area contributed by atoms with Crippen molar-refractivity contribution in [2.45, 2.75) is 33.6 Å². The zero-order chi connectivity index (χ0) is 19.8. The van der Waals surface area contributed by atoms with Crippen LogP contribution in [0.5, 0.6) is 11.5 Å². The van der Waals surface area contributed by atoms with Crippen LogP contribution in [0, 0.1) is 6.92 Å². The van der Waals surface area contributed by atoms with Gasteiger partial charge in [-0.3, -0.25) is 5.43 Å². The number of unbranched alkanes of at least 4 members (excludes halogenated alkanes) is 1. The molecule has 0 atom stereocenters. The topological polar surface area (TPSA) is 55.7 Å². The lowest BCUT2D eigenvalue weighted by molar-refractivity contribution is 0.272. The average Bonchev–Trinajstić information content (AvgIpc) is 3.33. The van der Waals surface area contributed by atoms with Crippen molar-refractivity contribution in [3.05, 3.63) is 46.2 Å². The van der Waals surface area contributed by atoms with Crippen LogP contribution in [-0.4, -0.2) is 24.4 Å².